The number of Topliss-reactive ketones (excluding diaryl/α,β-unsaturated/α-hetero) is 1. The summed E-state index contributed by atoms with van der Waals surface area (Å²) in [4.78, 5) is 16.0. The van der Waals surface area contributed by atoms with E-state index in [-0.39, 0.29) is 17.1 Å². The number of benzene rings is 2. The van der Waals surface area contributed by atoms with E-state index in [0.717, 1.165) is 32.2 Å². The van der Waals surface area contributed by atoms with Crippen molar-refractivity contribution in [1.82, 2.24) is 4.90 Å². The highest BCUT2D eigenvalue weighted by atomic mass is 19.1. The van der Waals surface area contributed by atoms with Crippen molar-refractivity contribution in [3.05, 3.63) is 58.9 Å². The van der Waals surface area contributed by atoms with E-state index in [4.69, 9.17) is 0 Å². The predicted molar refractivity (Wildman–Crippen MR) is 96.7 cm³/mol. The molecular formula is C20H23FN2O2. The molecule has 0 saturated carbocycles. The number of phenolic OH excluding ortho intramolecular Hbond substituents is 1. The number of halogens is 1. The molecule has 0 aromatic heterocycles. The third kappa shape index (κ3) is 3.99. The van der Waals surface area contributed by atoms with Crippen LogP contribution < -0.4 is 4.90 Å². The summed E-state index contributed by atoms with van der Waals surface area (Å²) in [6.45, 7) is 7.24. The lowest BCUT2D eigenvalue weighted by atomic mass is 10.0. The number of nitrogens with zero attached hydrogens (tertiary/aromatic N) is 2. The zero-order valence-electron chi connectivity index (χ0n) is 14.6. The van der Waals surface area contributed by atoms with E-state index < -0.39 is 5.82 Å². The van der Waals surface area contributed by atoms with Crippen molar-refractivity contribution in [2.24, 2.45) is 0 Å². The van der Waals surface area contributed by atoms with E-state index in [9.17, 15) is 14.3 Å². The predicted octanol–water partition coefficient (Wildman–Crippen LogP) is 3.36. The molecule has 1 aliphatic rings. The summed E-state index contributed by atoms with van der Waals surface area (Å²) in [5.74, 6) is -0.922. The molecule has 1 N–H and O–H groups in total. The van der Waals surface area contributed by atoms with E-state index >= 15 is 0 Å². The lowest BCUT2D eigenvalue weighted by Crippen LogP contribution is -2.46. The molecule has 1 saturated heterocycles. The molecule has 5 heteroatoms. The lowest BCUT2D eigenvalue weighted by Gasteiger charge is -2.36. The van der Waals surface area contributed by atoms with Gasteiger partial charge in [0.2, 0.25) is 0 Å². The van der Waals surface area contributed by atoms with Gasteiger partial charge in [0, 0.05) is 44.0 Å². The molecule has 0 bridgehead atoms. The number of carbonyl (C=O) groups is 1. The summed E-state index contributed by atoms with van der Waals surface area (Å²) in [6, 6.07) is 10.8. The van der Waals surface area contributed by atoms with Crippen LogP contribution in [0.3, 0.4) is 0 Å². The molecule has 1 heterocycles. The number of ketones is 1. The highest BCUT2D eigenvalue weighted by Gasteiger charge is 2.20. The van der Waals surface area contributed by atoms with Crippen molar-refractivity contribution < 1.29 is 14.3 Å². The minimum Gasteiger partial charge on any atom is -0.507 e. The molecule has 1 fully saturated rings. The van der Waals surface area contributed by atoms with Gasteiger partial charge in [0.15, 0.2) is 5.78 Å². The van der Waals surface area contributed by atoms with Crippen molar-refractivity contribution in [2.45, 2.75) is 20.4 Å². The maximum absolute atomic E-state index is 13.8. The fraction of sp³-hybridized carbons (Fsp3) is 0.350. The number of aromatic hydroxyl groups is 1. The number of hydrogen-bond acceptors (Lipinski definition) is 4. The Bertz CT molecular complexity index is 783. The molecular weight excluding hydrogens is 319 g/mol. The maximum Gasteiger partial charge on any atom is 0.163 e. The molecule has 0 amide bonds. The molecule has 0 spiro atoms. The standard InChI is InChI=1S/C20H23FN2O2/c1-14-4-3-5-18(10-14)23-8-6-22(7-9-23)13-16-11-17(21)12-19(15(2)24)20(16)25/h3-5,10-12,25H,6-9,13H2,1-2H3. The minimum absolute atomic E-state index is 0.0494. The smallest absolute Gasteiger partial charge is 0.163 e. The topological polar surface area (TPSA) is 43.8 Å². The van der Waals surface area contributed by atoms with Gasteiger partial charge in [-0.3, -0.25) is 9.69 Å². The van der Waals surface area contributed by atoms with E-state index in [1.54, 1.807) is 0 Å². The van der Waals surface area contributed by atoms with Crippen LogP contribution in [0.4, 0.5) is 10.1 Å². The Morgan fingerprint density at radius 2 is 1.88 bits per heavy atom. The van der Waals surface area contributed by atoms with Crippen LogP contribution in [-0.2, 0) is 6.54 Å². The number of hydrogen-bond donors (Lipinski definition) is 1. The lowest BCUT2D eigenvalue weighted by molar-refractivity contribution is 0.101. The van der Waals surface area contributed by atoms with E-state index in [1.807, 2.05) is 0 Å². The highest BCUT2D eigenvalue weighted by molar-refractivity contribution is 5.97. The molecule has 0 radical (unpaired) electrons. The van der Waals surface area contributed by atoms with E-state index in [1.165, 1.54) is 24.2 Å². The Morgan fingerprint density at radius 1 is 1.16 bits per heavy atom. The Balaban J connectivity index is 1.68. The van der Waals surface area contributed by atoms with Gasteiger partial charge in [-0.25, -0.2) is 4.39 Å². The van der Waals surface area contributed by atoms with Crippen LogP contribution in [0.5, 0.6) is 5.75 Å². The first-order valence-electron chi connectivity index (χ1n) is 8.50. The fourth-order valence-corrected chi connectivity index (χ4v) is 3.27. The summed E-state index contributed by atoms with van der Waals surface area (Å²) in [7, 11) is 0. The number of anilines is 1. The number of aryl methyl sites for hydroxylation is 1. The van der Waals surface area contributed by atoms with Gasteiger partial charge in [-0.2, -0.15) is 0 Å². The van der Waals surface area contributed by atoms with Crippen LogP contribution in [0, 0.1) is 12.7 Å². The number of phenols is 1. The normalized spacial score (nSPS) is 15.4. The van der Waals surface area contributed by atoms with Gasteiger partial charge in [-0.1, -0.05) is 12.1 Å². The molecule has 0 atom stereocenters. The molecule has 2 aromatic carbocycles. The quantitative estimate of drug-likeness (QED) is 0.866. The number of rotatable bonds is 4. The molecule has 0 aliphatic carbocycles. The highest BCUT2D eigenvalue weighted by Crippen LogP contribution is 2.27. The van der Waals surface area contributed by atoms with Gasteiger partial charge in [0.25, 0.3) is 0 Å². The van der Waals surface area contributed by atoms with Crippen LogP contribution in [0.15, 0.2) is 36.4 Å². The third-order valence-corrected chi connectivity index (χ3v) is 4.67. The Kier molecular flexibility index (Phi) is 5.04. The van der Waals surface area contributed by atoms with Gasteiger partial charge >= 0.3 is 0 Å². The molecule has 1 aliphatic heterocycles. The summed E-state index contributed by atoms with van der Waals surface area (Å²) in [5, 5.41) is 10.3. The monoisotopic (exact) mass is 342 g/mol. The summed E-state index contributed by atoms with van der Waals surface area (Å²) >= 11 is 0. The molecule has 2 aromatic rings. The van der Waals surface area contributed by atoms with E-state index in [0.29, 0.717) is 12.1 Å². The fourth-order valence-electron chi connectivity index (χ4n) is 3.27. The van der Waals surface area contributed by atoms with Gasteiger partial charge in [-0.15, -0.1) is 0 Å². The van der Waals surface area contributed by atoms with Crippen LogP contribution in [0.2, 0.25) is 0 Å². The second kappa shape index (κ2) is 7.23. The first kappa shape index (κ1) is 17.4. The third-order valence-electron chi connectivity index (χ3n) is 4.67. The minimum atomic E-state index is -0.489. The Labute approximate surface area is 147 Å². The SMILES string of the molecule is CC(=O)c1cc(F)cc(CN2CCN(c3cccc(C)c3)CC2)c1O. The number of piperazine rings is 1. The molecule has 132 valence electrons. The maximum atomic E-state index is 13.8. The molecule has 0 unspecified atom stereocenters. The molecule has 25 heavy (non-hydrogen) atoms. The second-order valence-electron chi connectivity index (χ2n) is 6.62. The van der Waals surface area contributed by atoms with Crippen molar-refractivity contribution in [1.29, 1.82) is 0 Å². The summed E-state index contributed by atoms with van der Waals surface area (Å²) in [5.41, 5.74) is 2.97. The van der Waals surface area contributed by atoms with Crippen molar-refractivity contribution in [2.75, 3.05) is 31.1 Å². The van der Waals surface area contributed by atoms with Gasteiger partial charge in [0.1, 0.15) is 11.6 Å². The first-order valence-corrected chi connectivity index (χ1v) is 8.50. The van der Waals surface area contributed by atoms with Gasteiger partial charge in [0.05, 0.1) is 5.56 Å². The first-order chi connectivity index (χ1) is 11.9. The summed E-state index contributed by atoms with van der Waals surface area (Å²) in [6.07, 6.45) is 0. The zero-order valence-corrected chi connectivity index (χ0v) is 14.6. The van der Waals surface area contributed by atoms with Gasteiger partial charge in [-0.05, 0) is 43.7 Å². The molecule has 4 nitrogen and oxygen atoms in total. The number of carbonyl (C=O) groups excluding carboxylic acids is 1. The van der Waals surface area contributed by atoms with Crippen LogP contribution >= 0.6 is 0 Å². The largest absolute Gasteiger partial charge is 0.507 e. The summed E-state index contributed by atoms with van der Waals surface area (Å²) < 4.78 is 13.8. The average Bonchev–Trinajstić information content (AvgIpc) is 2.58. The molecule has 3 rings (SSSR count). The van der Waals surface area contributed by atoms with Crippen molar-refractivity contribution in [3.8, 4) is 5.75 Å². The van der Waals surface area contributed by atoms with Crippen LogP contribution in [0.25, 0.3) is 0 Å². The Hall–Kier alpha value is -2.40. The average molecular weight is 342 g/mol. The van der Waals surface area contributed by atoms with Crippen molar-refractivity contribution in [3.63, 3.8) is 0 Å². The van der Waals surface area contributed by atoms with Crippen molar-refractivity contribution >= 4 is 11.5 Å². The van der Waals surface area contributed by atoms with Crippen LogP contribution in [-0.4, -0.2) is 42.0 Å². The zero-order chi connectivity index (χ0) is 18.0. The van der Waals surface area contributed by atoms with E-state index in [2.05, 4.69) is 41.0 Å². The Morgan fingerprint density at radius 3 is 2.52 bits per heavy atom. The second-order valence-corrected chi connectivity index (χ2v) is 6.62. The van der Waals surface area contributed by atoms with Crippen LogP contribution in [0.1, 0.15) is 28.4 Å². The van der Waals surface area contributed by atoms with Gasteiger partial charge < -0.3 is 10.0 Å².